The Balaban J connectivity index is 2.41. The maximum Gasteiger partial charge on any atom is 0.246 e. The smallest absolute Gasteiger partial charge is 0.246 e. The average Bonchev–Trinajstić information content (AvgIpc) is 2.89. The van der Waals surface area contributed by atoms with Gasteiger partial charge in [-0.1, -0.05) is 20.8 Å². The van der Waals surface area contributed by atoms with Crippen LogP contribution in [0.1, 0.15) is 45.2 Å². The largest absolute Gasteiger partial charge is 0.343 e. The van der Waals surface area contributed by atoms with E-state index >= 15 is 0 Å². The van der Waals surface area contributed by atoms with E-state index in [0.717, 1.165) is 11.4 Å². The van der Waals surface area contributed by atoms with Gasteiger partial charge in [0.05, 0.1) is 6.04 Å². The molecular weight excluding hydrogens is 274 g/mol. The molecule has 1 aliphatic rings. The maximum absolute atomic E-state index is 12.6. The van der Waals surface area contributed by atoms with E-state index in [1.165, 1.54) is 11.3 Å². The first-order chi connectivity index (χ1) is 9.47. The predicted molar refractivity (Wildman–Crippen MR) is 78.2 cm³/mol. The van der Waals surface area contributed by atoms with Crippen LogP contribution in [0.15, 0.2) is 11.6 Å². The topological polar surface area (TPSA) is 62.3 Å². The highest BCUT2D eigenvalue weighted by atomic mass is 32.1. The van der Waals surface area contributed by atoms with Gasteiger partial charge in [-0.25, -0.2) is 4.98 Å². The molecule has 1 fully saturated rings. The fourth-order valence-corrected chi connectivity index (χ4v) is 3.53. The van der Waals surface area contributed by atoms with Crippen molar-refractivity contribution in [3.05, 3.63) is 16.6 Å². The minimum atomic E-state index is -0.466. The summed E-state index contributed by atoms with van der Waals surface area (Å²) in [5, 5.41) is 5.57. The third-order valence-electron chi connectivity index (χ3n) is 3.64. The van der Waals surface area contributed by atoms with Crippen LogP contribution in [0.3, 0.4) is 0 Å². The van der Waals surface area contributed by atoms with Gasteiger partial charge in [0.15, 0.2) is 0 Å². The number of aromatic nitrogens is 1. The van der Waals surface area contributed by atoms with Gasteiger partial charge in [-0.15, -0.1) is 11.3 Å². The molecule has 0 aliphatic carbocycles. The normalized spacial score (nSPS) is 24.9. The zero-order valence-corrected chi connectivity index (χ0v) is 13.1. The van der Waals surface area contributed by atoms with E-state index in [-0.39, 0.29) is 23.8 Å². The highest BCUT2D eigenvalue weighted by Gasteiger charge is 2.44. The van der Waals surface area contributed by atoms with Crippen molar-refractivity contribution in [2.24, 2.45) is 5.92 Å². The number of thiazole rings is 1. The zero-order chi connectivity index (χ0) is 14.9. The van der Waals surface area contributed by atoms with E-state index in [9.17, 15) is 9.59 Å². The molecule has 1 aliphatic heterocycles. The number of carbonyl (C=O) groups excluding carboxylic acids is 2. The Hall–Kier alpha value is -1.43. The van der Waals surface area contributed by atoms with E-state index in [2.05, 4.69) is 10.3 Å². The van der Waals surface area contributed by atoms with E-state index < -0.39 is 12.1 Å². The molecular formula is C14H21N3O2S. The summed E-state index contributed by atoms with van der Waals surface area (Å²) in [6.07, 6.45) is 2.49. The lowest BCUT2D eigenvalue weighted by Crippen LogP contribution is -2.64. The van der Waals surface area contributed by atoms with E-state index in [1.807, 2.05) is 26.2 Å². The van der Waals surface area contributed by atoms with Crippen LogP contribution in [0.25, 0.3) is 0 Å². The molecule has 0 bridgehead atoms. The molecule has 20 heavy (non-hydrogen) atoms. The zero-order valence-electron chi connectivity index (χ0n) is 12.3. The summed E-state index contributed by atoms with van der Waals surface area (Å²) in [4.78, 5) is 30.9. The molecule has 1 N–H and O–H groups in total. The monoisotopic (exact) mass is 295 g/mol. The van der Waals surface area contributed by atoms with Crippen LogP contribution in [0.5, 0.6) is 0 Å². The Labute approximate surface area is 123 Å². The Morgan fingerprint density at radius 3 is 2.65 bits per heavy atom. The molecule has 2 rings (SSSR count). The van der Waals surface area contributed by atoms with Crippen molar-refractivity contribution in [1.82, 2.24) is 15.2 Å². The van der Waals surface area contributed by atoms with Crippen molar-refractivity contribution in [1.29, 1.82) is 0 Å². The minimum absolute atomic E-state index is 0.0228. The van der Waals surface area contributed by atoms with E-state index in [0.29, 0.717) is 0 Å². The molecule has 0 aromatic carbocycles. The number of carbonyl (C=O) groups is 2. The number of nitrogens with one attached hydrogen (secondary N) is 1. The van der Waals surface area contributed by atoms with Crippen LogP contribution in [-0.4, -0.2) is 33.8 Å². The lowest BCUT2D eigenvalue weighted by atomic mass is 9.95. The maximum atomic E-state index is 12.6. The number of hydrogen-bond acceptors (Lipinski definition) is 4. The molecule has 1 saturated heterocycles. The summed E-state index contributed by atoms with van der Waals surface area (Å²) >= 11 is 1.53. The molecule has 5 nitrogen and oxygen atoms in total. The molecule has 2 amide bonds. The van der Waals surface area contributed by atoms with Crippen molar-refractivity contribution < 1.29 is 9.59 Å². The number of piperazine rings is 1. The quantitative estimate of drug-likeness (QED) is 0.923. The summed E-state index contributed by atoms with van der Waals surface area (Å²) < 4.78 is 0. The van der Waals surface area contributed by atoms with Crippen LogP contribution < -0.4 is 5.32 Å². The first kappa shape index (κ1) is 15.0. The highest BCUT2D eigenvalue weighted by molar-refractivity contribution is 7.09. The van der Waals surface area contributed by atoms with Crippen LogP contribution in [0, 0.1) is 5.92 Å². The van der Waals surface area contributed by atoms with Crippen molar-refractivity contribution in [2.75, 3.05) is 0 Å². The number of amides is 2. The standard InChI is InChI=1S/C14H21N3O2S/c1-5-10(13-15-6-7-20-13)17-11(8(2)3)12(18)16-9(4)14(17)19/h6-11H,5H2,1-4H3,(H,16,18). The molecule has 3 atom stereocenters. The second-order valence-corrected chi connectivity index (χ2v) is 6.39. The first-order valence-corrected chi connectivity index (χ1v) is 7.87. The summed E-state index contributed by atoms with van der Waals surface area (Å²) in [5.41, 5.74) is 0. The van der Waals surface area contributed by atoms with Gasteiger partial charge >= 0.3 is 0 Å². The molecule has 1 aromatic heterocycles. The Kier molecular flexibility index (Phi) is 4.42. The second kappa shape index (κ2) is 5.91. The van der Waals surface area contributed by atoms with Gasteiger partial charge in [-0.2, -0.15) is 0 Å². The molecule has 2 heterocycles. The lowest BCUT2D eigenvalue weighted by molar-refractivity contribution is -0.154. The van der Waals surface area contributed by atoms with Crippen molar-refractivity contribution in [3.63, 3.8) is 0 Å². The van der Waals surface area contributed by atoms with Crippen LogP contribution in [0.4, 0.5) is 0 Å². The summed E-state index contributed by atoms with van der Waals surface area (Å²) in [7, 11) is 0. The van der Waals surface area contributed by atoms with Gasteiger partial charge in [-0.3, -0.25) is 9.59 Å². The van der Waals surface area contributed by atoms with Gasteiger partial charge in [0.2, 0.25) is 11.8 Å². The molecule has 0 spiro atoms. The minimum Gasteiger partial charge on any atom is -0.343 e. The van der Waals surface area contributed by atoms with Gasteiger partial charge in [0, 0.05) is 11.6 Å². The van der Waals surface area contributed by atoms with Crippen LogP contribution >= 0.6 is 11.3 Å². The van der Waals surface area contributed by atoms with Crippen molar-refractivity contribution in [2.45, 2.75) is 52.2 Å². The van der Waals surface area contributed by atoms with Crippen molar-refractivity contribution in [3.8, 4) is 0 Å². The molecule has 3 unspecified atom stereocenters. The lowest BCUT2D eigenvalue weighted by Gasteiger charge is -2.43. The third-order valence-corrected chi connectivity index (χ3v) is 4.52. The number of nitrogens with zero attached hydrogens (tertiary/aromatic N) is 2. The predicted octanol–water partition coefficient (Wildman–Crippen LogP) is 1.97. The Bertz CT molecular complexity index is 487. The fourth-order valence-electron chi connectivity index (χ4n) is 2.71. The van der Waals surface area contributed by atoms with Crippen LogP contribution in [-0.2, 0) is 9.59 Å². The fraction of sp³-hybridized carbons (Fsp3) is 0.643. The molecule has 110 valence electrons. The molecule has 0 radical (unpaired) electrons. The third kappa shape index (κ3) is 2.57. The van der Waals surface area contributed by atoms with E-state index in [1.54, 1.807) is 18.0 Å². The number of hydrogen-bond donors (Lipinski definition) is 1. The van der Waals surface area contributed by atoms with Crippen LogP contribution in [0.2, 0.25) is 0 Å². The first-order valence-electron chi connectivity index (χ1n) is 6.99. The van der Waals surface area contributed by atoms with Crippen molar-refractivity contribution >= 4 is 23.2 Å². The highest BCUT2D eigenvalue weighted by Crippen LogP contribution is 2.32. The molecule has 0 saturated carbocycles. The SMILES string of the molecule is CCC(c1nccs1)N1C(=O)C(C)NC(=O)C1C(C)C. The van der Waals surface area contributed by atoms with Gasteiger partial charge in [-0.05, 0) is 19.3 Å². The Morgan fingerprint density at radius 2 is 2.15 bits per heavy atom. The average molecular weight is 295 g/mol. The van der Waals surface area contributed by atoms with Gasteiger partial charge < -0.3 is 10.2 Å². The summed E-state index contributed by atoms with van der Waals surface area (Å²) in [6.45, 7) is 7.69. The Morgan fingerprint density at radius 1 is 1.45 bits per heavy atom. The second-order valence-electron chi connectivity index (χ2n) is 5.46. The molecule has 6 heteroatoms. The van der Waals surface area contributed by atoms with Gasteiger partial charge in [0.25, 0.3) is 0 Å². The summed E-state index contributed by atoms with van der Waals surface area (Å²) in [6, 6.07) is -1.01. The van der Waals surface area contributed by atoms with E-state index in [4.69, 9.17) is 0 Å². The molecule has 1 aromatic rings. The summed E-state index contributed by atoms with van der Waals surface area (Å²) in [5.74, 6) is -0.0204. The van der Waals surface area contributed by atoms with Gasteiger partial charge in [0.1, 0.15) is 17.1 Å². The number of rotatable bonds is 4.